The molecule has 0 radical (unpaired) electrons. The van der Waals surface area contributed by atoms with Crippen LogP contribution in [-0.2, 0) is 25.5 Å². The van der Waals surface area contributed by atoms with Crippen molar-refractivity contribution in [1.29, 1.82) is 0 Å². The molecule has 1 saturated heterocycles. The maximum absolute atomic E-state index is 12.4. The molecule has 158 valence electrons. The summed E-state index contributed by atoms with van der Waals surface area (Å²) in [4.78, 5) is 38.0. The van der Waals surface area contributed by atoms with Gasteiger partial charge < -0.3 is 19.7 Å². The average molecular weight is 410 g/mol. The first-order valence-corrected chi connectivity index (χ1v) is 10.1. The van der Waals surface area contributed by atoms with Gasteiger partial charge in [-0.15, -0.1) is 0 Å². The van der Waals surface area contributed by atoms with Gasteiger partial charge in [0.1, 0.15) is 0 Å². The Morgan fingerprint density at radius 1 is 0.933 bits per heavy atom. The zero-order chi connectivity index (χ0) is 21.2. The Morgan fingerprint density at radius 3 is 2.33 bits per heavy atom. The molecular weight excluding hydrogens is 384 g/mol. The summed E-state index contributed by atoms with van der Waals surface area (Å²) >= 11 is 0. The van der Waals surface area contributed by atoms with Crippen molar-refractivity contribution in [2.24, 2.45) is 0 Å². The predicted octanol–water partition coefficient (Wildman–Crippen LogP) is 2.66. The van der Waals surface area contributed by atoms with Gasteiger partial charge in [-0.1, -0.05) is 30.3 Å². The van der Waals surface area contributed by atoms with Crippen LogP contribution in [0.25, 0.3) is 0 Å². The quantitative estimate of drug-likeness (QED) is 0.677. The molecule has 0 bridgehead atoms. The lowest BCUT2D eigenvalue weighted by Gasteiger charge is -2.26. The fraction of sp³-hybridized carbons (Fsp3) is 0.348. The van der Waals surface area contributed by atoms with Crippen molar-refractivity contribution in [3.05, 3.63) is 65.7 Å². The molecule has 2 amide bonds. The van der Waals surface area contributed by atoms with Crippen molar-refractivity contribution in [1.82, 2.24) is 4.90 Å². The number of nitrogens with one attached hydrogen (secondary N) is 1. The van der Waals surface area contributed by atoms with E-state index in [1.54, 1.807) is 29.2 Å². The summed E-state index contributed by atoms with van der Waals surface area (Å²) < 4.78 is 10.4. The number of rotatable bonds is 8. The highest BCUT2D eigenvalue weighted by atomic mass is 16.5. The van der Waals surface area contributed by atoms with Gasteiger partial charge >= 0.3 is 5.97 Å². The largest absolute Gasteiger partial charge is 0.465 e. The fourth-order valence-electron chi connectivity index (χ4n) is 3.08. The molecule has 2 aromatic rings. The van der Waals surface area contributed by atoms with E-state index in [1.807, 2.05) is 30.3 Å². The highest BCUT2D eigenvalue weighted by Gasteiger charge is 2.18. The number of esters is 1. The van der Waals surface area contributed by atoms with Gasteiger partial charge in [0.05, 0.1) is 26.2 Å². The topological polar surface area (TPSA) is 84.9 Å². The Labute approximate surface area is 176 Å². The zero-order valence-corrected chi connectivity index (χ0v) is 16.8. The van der Waals surface area contributed by atoms with Crippen molar-refractivity contribution in [2.45, 2.75) is 19.3 Å². The fourth-order valence-corrected chi connectivity index (χ4v) is 3.08. The van der Waals surface area contributed by atoms with E-state index < -0.39 is 5.97 Å². The molecule has 7 nitrogen and oxygen atoms in total. The number of hydrogen-bond donors (Lipinski definition) is 1. The minimum absolute atomic E-state index is 0.0220. The third-order valence-electron chi connectivity index (χ3n) is 4.77. The molecule has 7 heteroatoms. The number of morpholine rings is 1. The van der Waals surface area contributed by atoms with E-state index in [4.69, 9.17) is 9.47 Å². The SMILES string of the molecule is O=C(CCC(=O)OCCc1ccccc1)Nc1ccc(C(=O)N2CCOCC2)cc1. The van der Waals surface area contributed by atoms with Crippen molar-refractivity contribution in [3.63, 3.8) is 0 Å². The van der Waals surface area contributed by atoms with Crippen LogP contribution in [0, 0.1) is 0 Å². The van der Waals surface area contributed by atoms with Gasteiger partial charge in [0, 0.05) is 37.2 Å². The summed E-state index contributed by atoms with van der Waals surface area (Å²) in [6, 6.07) is 16.5. The second-order valence-electron chi connectivity index (χ2n) is 6.99. The Balaban J connectivity index is 1.37. The Kier molecular flexibility index (Phi) is 7.97. The van der Waals surface area contributed by atoms with E-state index >= 15 is 0 Å². The molecule has 2 aromatic carbocycles. The number of benzene rings is 2. The van der Waals surface area contributed by atoms with Gasteiger partial charge in [0.25, 0.3) is 5.91 Å². The van der Waals surface area contributed by atoms with E-state index in [-0.39, 0.29) is 24.7 Å². The number of nitrogens with zero attached hydrogens (tertiary/aromatic N) is 1. The number of anilines is 1. The molecule has 0 unspecified atom stereocenters. The monoisotopic (exact) mass is 410 g/mol. The summed E-state index contributed by atoms with van der Waals surface area (Å²) in [6.45, 7) is 2.56. The highest BCUT2D eigenvalue weighted by Crippen LogP contribution is 2.13. The molecule has 1 fully saturated rings. The average Bonchev–Trinajstić information content (AvgIpc) is 2.79. The summed E-state index contributed by atoms with van der Waals surface area (Å²) in [5, 5.41) is 2.73. The Bertz CT molecular complexity index is 846. The van der Waals surface area contributed by atoms with Crippen LogP contribution < -0.4 is 5.32 Å². The van der Waals surface area contributed by atoms with Crippen molar-refractivity contribution >= 4 is 23.5 Å². The van der Waals surface area contributed by atoms with Crippen molar-refractivity contribution in [3.8, 4) is 0 Å². The molecule has 0 aliphatic carbocycles. The number of ether oxygens (including phenoxy) is 2. The van der Waals surface area contributed by atoms with Crippen LogP contribution in [0.15, 0.2) is 54.6 Å². The molecule has 0 saturated carbocycles. The van der Waals surface area contributed by atoms with E-state index in [2.05, 4.69) is 5.32 Å². The van der Waals surface area contributed by atoms with Crippen LogP contribution in [-0.4, -0.2) is 55.6 Å². The molecule has 30 heavy (non-hydrogen) atoms. The lowest BCUT2D eigenvalue weighted by Crippen LogP contribution is -2.40. The Hall–Kier alpha value is -3.19. The van der Waals surface area contributed by atoms with E-state index in [0.717, 1.165) is 5.56 Å². The second-order valence-corrected chi connectivity index (χ2v) is 6.99. The molecule has 1 aliphatic heterocycles. The van der Waals surface area contributed by atoms with Crippen LogP contribution in [0.5, 0.6) is 0 Å². The predicted molar refractivity (Wildman–Crippen MR) is 112 cm³/mol. The van der Waals surface area contributed by atoms with Gasteiger partial charge in [0.15, 0.2) is 0 Å². The van der Waals surface area contributed by atoms with Crippen molar-refractivity contribution < 1.29 is 23.9 Å². The Morgan fingerprint density at radius 2 is 1.63 bits per heavy atom. The lowest BCUT2D eigenvalue weighted by molar-refractivity contribution is -0.144. The number of amides is 2. The molecule has 0 atom stereocenters. The zero-order valence-electron chi connectivity index (χ0n) is 16.8. The van der Waals surface area contributed by atoms with Crippen molar-refractivity contribution in [2.75, 3.05) is 38.2 Å². The first-order chi connectivity index (χ1) is 14.6. The van der Waals surface area contributed by atoms with Crippen LogP contribution in [0.3, 0.4) is 0 Å². The molecule has 1 N–H and O–H groups in total. The first-order valence-electron chi connectivity index (χ1n) is 10.1. The van der Waals surface area contributed by atoms with E-state index in [1.165, 1.54) is 0 Å². The standard InChI is InChI=1S/C23H26N2O5/c26-21(10-11-22(27)30-15-12-18-4-2-1-3-5-18)24-20-8-6-19(7-9-20)23(28)25-13-16-29-17-14-25/h1-9H,10-17H2,(H,24,26). The maximum atomic E-state index is 12.4. The van der Waals surface area contributed by atoms with Gasteiger partial charge in [-0.25, -0.2) is 0 Å². The smallest absolute Gasteiger partial charge is 0.306 e. The van der Waals surface area contributed by atoms with Gasteiger partial charge in [0.2, 0.25) is 5.91 Å². The van der Waals surface area contributed by atoms with E-state index in [9.17, 15) is 14.4 Å². The first kappa shape index (κ1) is 21.5. The molecule has 1 aliphatic rings. The van der Waals surface area contributed by atoms with Gasteiger partial charge in [-0.2, -0.15) is 0 Å². The van der Waals surface area contributed by atoms with Gasteiger partial charge in [-0.3, -0.25) is 14.4 Å². The third-order valence-corrected chi connectivity index (χ3v) is 4.77. The number of carbonyl (C=O) groups is 3. The third kappa shape index (κ3) is 6.70. The minimum atomic E-state index is -0.396. The van der Waals surface area contributed by atoms with Crippen LogP contribution in [0.4, 0.5) is 5.69 Å². The maximum Gasteiger partial charge on any atom is 0.306 e. The number of carbonyl (C=O) groups excluding carboxylic acids is 3. The summed E-state index contributed by atoms with van der Waals surface area (Å²) in [7, 11) is 0. The minimum Gasteiger partial charge on any atom is -0.465 e. The lowest BCUT2D eigenvalue weighted by atomic mass is 10.1. The molecule has 1 heterocycles. The molecular formula is C23H26N2O5. The summed E-state index contributed by atoms with van der Waals surface area (Å²) in [6.07, 6.45) is 0.709. The summed E-state index contributed by atoms with van der Waals surface area (Å²) in [5.41, 5.74) is 2.24. The highest BCUT2D eigenvalue weighted by molar-refractivity contribution is 5.96. The van der Waals surface area contributed by atoms with Gasteiger partial charge in [-0.05, 0) is 29.8 Å². The van der Waals surface area contributed by atoms with Crippen LogP contribution >= 0.6 is 0 Å². The van der Waals surface area contributed by atoms with Crippen LogP contribution in [0.1, 0.15) is 28.8 Å². The molecule has 0 aromatic heterocycles. The normalized spacial score (nSPS) is 13.5. The molecule has 3 rings (SSSR count). The van der Waals surface area contributed by atoms with E-state index in [0.29, 0.717) is 50.6 Å². The number of hydrogen-bond acceptors (Lipinski definition) is 5. The van der Waals surface area contributed by atoms with Crippen LogP contribution in [0.2, 0.25) is 0 Å². The molecule has 0 spiro atoms. The summed E-state index contributed by atoms with van der Waals surface area (Å²) in [5.74, 6) is -0.718. The second kappa shape index (κ2) is 11.1.